The van der Waals surface area contributed by atoms with Gasteiger partial charge in [0.15, 0.2) is 5.82 Å². The Labute approximate surface area is 141 Å². The molecule has 0 saturated carbocycles. The van der Waals surface area contributed by atoms with Gasteiger partial charge in [-0.05, 0) is 18.2 Å². The number of nitrogens with one attached hydrogen (secondary N) is 1. The van der Waals surface area contributed by atoms with Gasteiger partial charge in [0, 0.05) is 12.6 Å². The summed E-state index contributed by atoms with van der Waals surface area (Å²) in [6.45, 7) is -0.167. The number of hydrogen-bond acceptors (Lipinski definition) is 6. The Hall–Kier alpha value is -2.92. The average molecular weight is 364 g/mol. The molecule has 1 N–H and O–H groups in total. The number of benzene rings is 1. The fraction of sp³-hybridized carbons (Fsp3) is 0.143. The van der Waals surface area contributed by atoms with Crippen molar-refractivity contribution in [3.63, 3.8) is 0 Å². The SMILES string of the molecule is O=c1ccc(-n2cncn2)nn1CCNS(=O)(=O)c1ccccc1F. The molecule has 0 radical (unpaired) electrons. The third-order valence-electron chi connectivity index (χ3n) is 3.25. The van der Waals surface area contributed by atoms with Crippen molar-refractivity contribution in [1.82, 2.24) is 29.3 Å². The van der Waals surface area contributed by atoms with E-state index in [1.54, 1.807) is 0 Å². The van der Waals surface area contributed by atoms with Crippen LogP contribution in [0.15, 0.2) is 58.7 Å². The summed E-state index contributed by atoms with van der Waals surface area (Å²) in [5.41, 5.74) is -0.408. The van der Waals surface area contributed by atoms with Crippen molar-refractivity contribution < 1.29 is 12.8 Å². The van der Waals surface area contributed by atoms with Crippen LogP contribution in [-0.2, 0) is 16.6 Å². The normalized spacial score (nSPS) is 11.6. The van der Waals surface area contributed by atoms with Crippen LogP contribution in [0, 0.1) is 5.82 Å². The lowest BCUT2D eigenvalue weighted by Crippen LogP contribution is -2.32. The molecular formula is C14H13FN6O3S. The predicted molar refractivity (Wildman–Crippen MR) is 85.0 cm³/mol. The lowest BCUT2D eigenvalue weighted by molar-refractivity contribution is 0.533. The van der Waals surface area contributed by atoms with Gasteiger partial charge < -0.3 is 0 Å². The van der Waals surface area contributed by atoms with Crippen molar-refractivity contribution in [2.24, 2.45) is 0 Å². The Balaban J connectivity index is 1.73. The van der Waals surface area contributed by atoms with E-state index in [9.17, 15) is 17.6 Å². The van der Waals surface area contributed by atoms with E-state index in [1.807, 2.05) is 0 Å². The number of aromatic nitrogens is 5. The summed E-state index contributed by atoms with van der Waals surface area (Å²) in [4.78, 5) is 15.2. The van der Waals surface area contributed by atoms with E-state index < -0.39 is 26.3 Å². The molecule has 0 aliphatic heterocycles. The lowest BCUT2D eigenvalue weighted by Gasteiger charge is -2.09. The zero-order valence-electron chi connectivity index (χ0n) is 12.8. The molecule has 1 aromatic carbocycles. The van der Waals surface area contributed by atoms with E-state index >= 15 is 0 Å². The molecule has 25 heavy (non-hydrogen) atoms. The fourth-order valence-corrected chi connectivity index (χ4v) is 3.17. The van der Waals surface area contributed by atoms with Gasteiger partial charge in [0.1, 0.15) is 23.4 Å². The maximum Gasteiger partial charge on any atom is 0.266 e. The van der Waals surface area contributed by atoms with Gasteiger partial charge in [0.2, 0.25) is 10.0 Å². The first-order chi connectivity index (χ1) is 12.0. The number of rotatable bonds is 6. The second kappa shape index (κ2) is 6.91. The van der Waals surface area contributed by atoms with E-state index in [2.05, 4.69) is 19.9 Å². The van der Waals surface area contributed by atoms with E-state index in [0.29, 0.717) is 5.82 Å². The van der Waals surface area contributed by atoms with Crippen LogP contribution >= 0.6 is 0 Å². The van der Waals surface area contributed by atoms with Gasteiger partial charge in [-0.3, -0.25) is 4.79 Å². The van der Waals surface area contributed by atoms with Gasteiger partial charge in [-0.25, -0.2) is 31.9 Å². The monoisotopic (exact) mass is 364 g/mol. The average Bonchev–Trinajstić information content (AvgIpc) is 3.11. The van der Waals surface area contributed by atoms with Gasteiger partial charge >= 0.3 is 0 Å². The standard InChI is InChI=1S/C14H13FN6O3S/c15-11-3-1-2-4-12(11)25(23,24)18-7-8-20-14(22)6-5-13(19-20)21-10-16-9-17-21/h1-6,9-10,18H,7-8H2. The number of sulfonamides is 1. The minimum atomic E-state index is -4.02. The van der Waals surface area contributed by atoms with Crippen LogP contribution in [0.4, 0.5) is 4.39 Å². The molecule has 2 aromatic heterocycles. The van der Waals surface area contributed by atoms with Gasteiger partial charge in [0.25, 0.3) is 5.56 Å². The highest BCUT2D eigenvalue weighted by Crippen LogP contribution is 2.12. The Kier molecular flexibility index (Phi) is 4.67. The number of nitrogens with zero attached hydrogens (tertiary/aromatic N) is 5. The molecule has 0 bridgehead atoms. The first kappa shape index (κ1) is 16.9. The highest BCUT2D eigenvalue weighted by Gasteiger charge is 2.17. The molecule has 11 heteroatoms. The molecule has 9 nitrogen and oxygen atoms in total. The second-order valence-corrected chi connectivity index (χ2v) is 6.66. The van der Waals surface area contributed by atoms with Crippen LogP contribution in [0.3, 0.4) is 0 Å². The van der Waals surface area contributed by atoms with Crippen molar-refractivity contribution in [2.75, 3.05) is 6.54 Å². The Morgan fingerprint density at radius 3 is 2.68 bits per heavy atom. The van der Waals surface area contributed by atoms with Crippen LogP contribution in [0.5, 0.6) is 0 Å². The quantitative estimate of drug-likeness (QED) is 0.656. The van der Waals surface area contributed by atoms with E-state index in [-0.39, 0.29) is 13.1 Å². The van der Waals surface area contributed by atoms with Crippen molar-refractivity contribution in [1.29, 1.82) is 0 Å². The third kappa shape index (κ3) is 3.78. The molecule has 0 amide bonds. The molecule has 0 unspecified atom stereocenters. The minimum Gasteiger partial charge on any atom is -0.268 e. The maximum atomic E-state index is 13.6. The Bertz CT molecular complexity index is 1030. The second-order valence-electron chi connectivity index (χ2n) is 4.92. The molecule has 0 fully saturated rings. The minimum absolute atomic E-state index is 0.0327. The number of hydrogen-bond donors (Lipinski definition) is 1. The number of halogens is 1. The van der Waals surface area contributed by atoms with Crippen molar-refractivity contribution >= 4 is 10.0 Å². The first-order valence-electron chi connectivity index (χ1n) is 7.15. The van der Waals surface area contributed by atoms with Crippen LogP contribution in [-0.4, -0.2) is 39.5 Å². The smallest absolute Gasteiger partial charge is 0.266 e. The van der Waals surface area contributed by atoms with Crippen molar-refractivity contribution in [3.8, 4) is 5.82 Å². The summed E-state index contributed by atoms with van der Waals surface area (Å²) < 4.78 is 42.5. The summed E-state index contributed by atoms with van der Waals surface area (Å²) in [5.74, 6) is -0.493. The lowest BCUT2D eigenvalue weighted by atomic mass is 10.4. The van der Waals surface area contributed by atoms with Crippen LogP contribution < -0.4 is 10.3 Å². The molecule has 0 aliphatic rings. The Morgan fingerprint density at radius 2 is 1.96 bits per heavy atom. The highest BCUT2D eigenvalue weighted by atomic mass is 32.2. The van der Waals surface area contributed by atoms with E-state index in [4.69, 9.17) is 0 Å². The molecule has 3 rings (SSSR count). The van der Waals surface area contributed by atoms with Crippen LogP contribution in [0.25, 0.3) is 5.82 Å². The molecule has 0 atom stereocenters. The zero-order chi connectivity index (χ0) is 17.9. The zero-order valence-corrected chi connectivity index (χ0v) is 13.6. The molecule has 130 valence electrons. The van der Waals surface area contributed by atoms with Crippen molar-refractivity contribution in [2.45, 2.75) is 11.4 Å². The van der Waals surface area contributed by atoms with Gasteiger partial charge in [0.05, 0.1) is 6.54 Å². The topological polar surface area (TPSA) is 112 Å². The third-order valence-corrected chi connectivity index (χ3v) is 4.74. The fourth-order valence-electron chi connectivity index (χ4n) is 2.07. The summed E-state index contributed by atoms with van der Waals surface area (Å²) in [5, 5.41) is 7.98. The molecular weight excluding hydrogens is 351 g/mol. The molecule has 3 aromatic rings. The van der Waals surface area contributed by atoms with Gasteiger partial charge in [-0.15, -0.1) is 5.10 Å². The first-order valence-corrected chi connectivity index (χ1v) is 8.63. The van der Waals surface area contributed by atoms with Crippen molar-refractivity contribution in [3.05, 3.63) is 65.2 Å². The molecule has 2 heterocycles. The van der Waals surface area contributed by atoms with E-state index in [1.165, 1.54) is 41.6 Å². The maximum absolute atomic E-state index is 13.6. The summed E-state index contributed by atoms with van der Waals surface area (Å²) >= 11 is 0. The largest absolute Gasteiger partial charge is 0.268 e. The highest BCUT2D eigenvalue weighted by molar-refractivity contribution is 7.89. The van der Waals surface area contributed by atoms with Gasteiger partial charge in [-0.2, -0.15) is 5.10 Å². The van der Waals surface area contributed by atoms with Crippen LogP contribution in [0.2, 0.25) is 0 Å². The predicted octanol–water partition coefficient (Wildman–Crippen LogP) is -0.0584. The van der Waals surface area contributed by atoms with E-state index in [0.717, 1.165) is 16.8 Å². The van der Waals surface area contributed by atoms with Gasteiger partial charge in [-0.1, -0.05) is 12.1 Å². The van der Waals surface area contributed by atoms with Crippen LogP contribution in [0.1, 0.15) is 0 Å². The molecule has 0 spiro atoms. The summed E-state index contributed by atoms with van der Waals surface area (Å²) in [6, 6.07) is 7.79. The summed E-state index contributed by atoms with van der Waals surface area (Å²) in [6.07, 6.45) is 2.73. The Morgan fingerprint density at radius 1 is 1.16 bits per heavy atom. The molecule has 0 saturated heterocycles. The molecule has 0 aliphatic carbocycles. The summed E-state index contributed by atoms with van der Waals surface area (Å²) in [7, 11) is -4.02.